The number of nitrogens with one attached hydrogen (secondary N) is 1. The van der Waals surface area contributed by atoms with Crippen LogP contribution in [0.5, 0.6) is 0 Å². The van der Waals surface area contributed by atoms with Crippen LogP contribution < -0.4 is 10.2 Å². The number of anilines is 1. The summed E-state index contributed by atoms with van der Waals surface area (Å²) in [7, 11) is 0. The third kappa shape index (κ3) is 3.26. The van der Waals surface area contributed by atoms with Crippen LogP contribution >= 0.6 is 15.9 Å². The van der Waals surface area contributed by atoms with E-state index in [0.717, 1.165) is 0 Å². The van der Waals surface area contributed by atoms with E-state index < -0.39 is 17.9 Å². The van der Waals surface area contributed by atoms with Gasteiger partial charge in [0.2, 0.25) is 11.8 Å². The maximum atomic E-state index is 13.7. The second kappa shape index (κ2) is 6.13. The van der Waals surface area contributed by atoms with Gasteiger partial charge in [0.15, 0.2) is 0 Å². The number of amides is 2. The van der Waals surface area contributed by atoms with Gasteiger partial charge in [0.25, 0.3) is 0 Å². The molecule has 1 N–H and O–H groups in total. The Balaban J connectivity index is 2.36. The summed E-state index contributed by atoms with van der Waals surface area (Å²) in [5.74, 6) is -0.601. The van der Waals surface area contributed by atoms with Crippen LogP contribution in [0, 0.1) is 11.7 Å². The van der Waals surface area contributed by atoms with Gasteiger partial charge in [0, 0.05) is 5.69 Å². The van der Waals surface area contributed by atoms with Crippen LogP contribution in [0.1, 0.15) is 27.2 Å². The lowest BCUT2D eigenvalue weighted by atomic mass is 9.98. The van der Waals surface area contributed by atoms with Crippen LogP contribution in [0.3, 0.4) is 0 Å². The Morgan fingerprint density at radius 2 is 2.05 bits per heavy atom. The van der Waals surface area contributed by atoms with E-state index in [9.17, 15) is 14.0 Å². The molecule has 0 aromatic heterocycles. The van der Waals surface area contributed by atoms with Gasteiger partial charge in [-0.15, -0.1) is 0 Å². The van der Waals surface area contributed by atoms with Gasteiger partial charge < -0.3 is 5.32 Å². The Morgan fingerprint density at radius 3 is 2.62 bits per heavy atom. The summed E-state index contributed by atoms with van der Waals surface area (Å²) in [6, 6.07) is 3.23. The normalized spacial score (nSPS) is 22.7. The van der Waals surface area contributed by atoms with E-state index in [0.29, 0.717) is 16.6 Å². The smallest absolute Gasteiger partial charge is 0.250 e. The van der Waals surface area contributed by atoms with Crippen molar-refractivity contribution >= 4 is 33.4 Å². The van der Waals surface area contributed by atoms with Crippen molar-refractivity contribution in [3.63, 3.8) is 0 Å². The summed E-state index contributed by atoms with van der Waals surface area (Å²) in [6.45, 7) is 5.61. The van der Waals surface area contributed by atoms with Crippen LogP contribution in [0.15, 0.2) is 22.7 Å². The number of piperazine rings is 1. The van der Waals surface area contributed by atoms with Gasteiger partial charge in [-0.1, -0.05) is 13.8 Å². The molecule has 1 fully saturated rings. The van der Waals surface area contributed by atoms with Crippen LogP contribution in [0.4, 0.5) is 10.1 Å². The van der Waals surface area contributed by atoms with Gasteiger partial charge in [0.05, 0.1) is 4.47 Å². The molecule has 6 heteroatoms. The molecule has 1 aromatic rings. The molecule has 1 aliphatic rings. The Labute approximate surface area is 131 Å². The lowest BCUT2D eigenvalue weighted by Crippen LogP contribution is -2.63. The molecule has 21 heavy (non-hydrogen) atoms. The molecule has 1 aliphatic heterocycles. The van der Waals surface area contributed by atoms with Gasteiger partial charge in [-0.2, -0.15) is 0 Å². The molecule has 0 spiro atoms. The number of nitrogens with zero attached hydrogens (tertiary/aromatic N) is 1. The van der Waals surface area contributed by atoms with Crippen molar-refractivity contribution in [2.24, 2.45) is 5.92 Å². The number of carbonyl (C=O) groups is 2. The Kier molecular flexibility index (Phi) is 4.66. The fourth-order valence-electron chi connectivity index (χ4n) is 2.45. The summed E-state index contributed by atoms with van der Waals surface area (Å²) in [6.07, 6.45) is 0.562. The summed E-state index contributed by atoms with van der Waals surface area (Å²) >= 11 is 3.08. The van der Waals surface area contributed by atoms with E-state index in [-0.39, 0.29) is 17.7 Å². The largest absolute Gasteiger partial charge is 0.342 e. The summed E-state index contributed by atoms with van der Waals surface area (Å²) in [5.41, 5.74) is 0.400. The first-order chi connectivity index (χ1) is 9.81. The van der Waals surface area contributed by atoms with Crippen LogP contribution in [-0.2, 0) is 9.59 Å². The van der Waals surface area contributed by atoms with E-state index in [1.807, 2.05) is 13.8 Å². The number of benzene rings is 1. The molecule has 0 saturated carbocycles. The molecule has 114 valence electrons. The standard InChI is InChI=1S/C15H18BrFN2O2/c1-8(2)6-13-15(21)19(9(3)14(20)18-13)10-4-5-11(16)12(17)7-10/h4-5,7-9,13H,6H2,1-3H3,(H,18,20). The minimum Gasteiger partial charge on any atom is -0.342 e. The van der Waals surface area contributed by atoms with Gasteiger partial charge in [0.1, 0.15) is 17.9 Å². The number of hydrogen-bond acceptors (Lipinski definition) is 2. The predicted octanol–water partition coefficient (Wildman–Crippen LogP) is 2.85. The first kappa shape index (κ1) is 15.9. The number of rotatable bonds is 3. The third-order valence-electron chi connectivity index (χ3n) is 3.51. The zero-order valence-corrected chi connectivity index (χ0v) is 13.8. The number of carbonyl (C=O) groups excluding carboxylic acids is 2. The molecular formula is C15H18BrFN2O2. The first-order valence-electron chi connectivity index (χ1n) is 6.89. The lowest BCUT2D eigenvalue weighted by Gasteiger charge is -2.38. The van der Waals surface area contributed by atoms with Gasteiger partial charge >= 0.3 is 0 Å². The van der Waals surface area contributed by atoms with Crippen molar-refractivity contribution in [1.29, 1.82) is 0 Å². The van der Waals surface area contributed by atoms with E-state index >= 15 is 0 Å². The molecular weight excluding hydrogens is 339 g/mol. The fourth-order valence-corrected chi connectivity index (χ4v) is 2.69. The minimum absolute atomic E-state index is 0.197. The highest BCUT2D eigenvalue weighted by Crippen LogP contribution is 2.27. The fraction of sp³-hybridized carbons (Fsp3) is 0.467. The molecule has 2 amide bonds. The zero-order valence-electron chi connectivity index (χ0n) is 12.2. The molecule has 0 bridgehead atoms. The van der Waals surface area contributed by atoms with Crippen LogP contribution in [-0.4, -0.2) is 23.9 Å². The van der Waals surface area contributed by atoms with Crippen molar-refractivity contribution in [3.8, 4) is 0 Å². The maximum absolute atomic E-state index is 13.7. The van der Waals surface area contributed by atoms with Crippen molar-refractivity contribution in [1.82, 2.24) is 5.32 Å². The molecule has 1 saturated heterocycles. The van der Waals surface area contributed by atoms with Gasteiger partial charge in [-0.3, -0.25) is 14.5 Å². The van der Waals surface area contributed by atoms with Crippen molar-refractivity contribution < 1.29 is 14.0 Å². The molecule has 0 aliphatic carbocycles. The summed E-state index contributed by atoms with van der Waals surface area (Å²) in [5, 5.41) is 2.74. The topological polar surface area (TPSA) is 49.4 Å². The van der Waals surface area contributed by atoms with Crippen molar-refractivity contribution in [3.05, 3.63) is 28.5 Å². The van der Waals surface area contributed by atoms with E-state index in [4.69, 9.17) is 0 Å². The average Bonchev–Trinajstić information content (AvgIpc) is 2.40. The monoisotopic (exact) mass is 356 g/mol. The SMILES string of the molecule is CC(C)CC1NC(=O)C(C)N(c2ccc(Br)c(F)c2)C1=O. The first-order valence-corrected chi connectivity index (χ1v) is 7.69. The second-order valence-corrected chi connectivity index (χ2v) is 6.53. The molecule has 2 unspecified atom stereocenters. The average molecular weight is 357 g/mol. The Hall–Kier alpha value is -1.43. The number of halogens is 2. The van der Waals surface area contributed by atoms with E-state index in [1.165, 1.54) is 17.0 Å². The second-order valence-electron chi connectivity index (χ2n) is 5.67. The number of hydrogen-bond donors (Lipinski definition) is 1. The molecule has 2 rings (SSSR count). The third-order valence-corrected chi connectivity index (χ3v) is 4.15. The molecule has 0 radical (unpaired) electrons. The quantitative estimate of drug-likeness (QED) is 0.905. The van der Waals surface area contributed by atoms with E-state index in [1.54, 1.807) is 13.0 Å². The van der Waals surface area contributed by atoms with E-state index in [2.05, 4.69) is 21.2 Å². The van der Waals surface area contributed by atoms with Gasteiger partial charge in [-0.05, 0) is 53.4 Å². The van der Waals surface area contributed by atoms with Crippen LogP contribution in [0.25, 0.3) is 0 Å². The molecule has 1 heterocycles. The van der Waals surface area contributed by atoms with Crippen molar-refractivity contribution in [2.45, 2.75) is 39.3 Å². The highest BCUT2D eigenvalue weighted by atomic mass is 79.9. The lowest BCUT2D eigenvalue weighted by molar-refractivity contribution is -0.133. The molecule has 2 atom stereocenters. The van der Waals surface area contributed by atoms with Crippen molar-refractivity contribution in [2.75, 3.05) is 4.90 Å². The highest BCUT2D eigenvalue weighted by Gasteiger charge is 2.39. The Bertz CT molecular complexity index is 577. The highest BCUT2D eigenvalue weighted by molar-refractivity contribution is 9.10. The zero-order chi connectivity index (χ0) is 15.7. The summed E-state index contributed by atoms with van der Waals surface area (Å²) in [4.78, 5) is 26.0. The Morgan fingerprint density at radius 1 is 1.38 bits per heavy atom. The molecule has 4 nitrogen and oxygen atoms in total. The molecule has 1 aromatic carbocycles. The van der Waals surface area contributed by atoms with Crippen LogP contribution in [0.2, 0.25) is 0 Å². The summed E-state index contributed by atoms with van der Waals surface area (Å²) < 4.78 is 14.0. The predicted molar refractivity (Wildman–Crippen MR) is 82.4 cm³/mol. The maximum Gasteiger partial charge on any atom is 0.250 e. The minimum atomic E-state index is -0.651. The van der Waals surface area contributed by atoms with Gasteiger partial charge in [-0.25, -0.2) is 4.39 Å².